The molecule has 5 fully saturated rings. The second kappa shape index (κ2) is 5.52. The van der Waals surface area contributed by atoms with Gasteiger partial charge in [0.1, 0.15) is 11.9 Å². The van der Waals surface area contributed by atoms with Crippen molar-refractivity contribution < 1.29 is 23.7 Å². The van der Waals surface area contributed by atoms with Gasteiger partial charge in [-0.05, 0) is 38.6 Å². The van der Waals surface area contributed by atoms with Crippen LogP contribution in [0.3, 0.4) is 0 Å². The van der Waals surface area contributed by atoms with Crippen molar-refractivity contribution in [1.29, 1.82) is 0 Å². The minimum absolute atomic E-state index is 0.175. The second-order valence-electron chi connectivity index (χ2n) is 9.75. The number of hydrogen-bond acceptors (Lipinski definition) is 6. The van der Waals surface area contributed by atoms with E-state index >= 15 is 0 Å². The molecule has 1 spiro atoms. The van der Waals surface area contributed by atoms with Crippen LogP contribution in [0.15, 0.2) is 11.3 Å². The first-order valence-corrected chi connectivity index (χ1v) is 11.1. The van der Waals surface area contributed by atoms with Crippen LogP contribution in [0.25, 0.3) is 0 Å². The van der Waals surface area contributed by atoms with Gasteiger partial charge in [-0.15, -0.1) is 0 Å². The maximum absolute atomic E-state index is 12.2. The van der Waals surface area contributed by atoms with E-state index in [0.29, 0.717) is 35.3 Å². The van der Waals surface area contributed by atoms with E-state index in [4.69, 9.17) is 18.9 Å². The van der Waals surface area contributed by atoms with Gasteiger partial charge in [0, 0.05) is 17.9 Å². The molecule has 6 aliphatic heterocycles. The van der Waals surface area contributed by atoms with E-state index in [1.54, 1.807) is 14.0 Å². The first kappa shape index (κ1) is 17.7. The second-order valence-corrected chi connectivity index (χ2v) is 9.75. The van der Waals surface area contributed by atoms with Gasteiger partial charge in [-0.25, -0.2) is 4.79 Å². The Morgan fingerprint density at radius 2 is 2.14 bits per heavy atom. The van der Waals surface area contributed by atoms with Crippen molar-refractivity contribution in [3.05, 3.63) is 11.3 Å². The molecular formula is C22H31NO5. The summed E-state index contributed by atoms with van der Waals surface area (Å²) in [4.78, 5) is 15.0. The highest BCUT2D eigenvalue weighted by Gasteiger charge is 2.83. The van der Waals surface area contributed by atoms with Crippen molar-refractivity contribution in [2.24, 2.45) is 17.8 Å². The Labute approximate surface area is 166 Å². The Kier molecular flexibility index (Phi) is 3.50. The summed E-state index contributed by atoms with van der Waals surface area (Å²) in [5.74, 6) is 0.872. The number of rotatable bonds is 5. The molecule has 0 aliphatic carbocycles. The molecule has 0 radical (unpaired) electrons. The first-order valence-electron chi connectivity index (χ1n) is 11.1. The van der Waals surface area contributed by atoms with E-state index in [0.717, 1.165) is 12.8 Å². The predicted octanol–water partition coefficient (Wildman–Crippen LogP) is 2.62. The van der Waals surface area contributed by atoms with E-state index in [2.05, 4.69) is 18.7 Å². The molecule has 5 saturated heterocycles. The molecule has 0 aromatic heterocycles. The Morgan fingerprint density at radius 3 is 2.89 bits per heavy atom. The third-order valence-corrected chi connectivity index (χ3v) is 8.92. The average molecular weight is 389 g/mol. The maximum atomic E-state index is 12.2. The van der Waals surface area contributed by atoms with Gasteiger partial charge < -0.3 is 18.9 Å². The molecule has 6 rings (SSSR count). The molecule has 6 heteroatoms. The number of hydrogen-bond donors (Lipinski definition) is 0. The standard InChI is InChI=1S/C22H31NO5/c1-5-6-8-21-14-7-9-23(21)13-10-15(21)27-22(14)16(13)11(2)18(28-22)19-17(25-4)12(3)20(24)26-19/h11,13-16,18-19H,5-10H2,1-4H3/t11-,13+,14+,15-,16+,18-,19-,21-,22+/m0/s1. The summed E-state index contributed by atoms with van der Waals surface area (Å²) in [6.07, 6.45) is 5.60. The lowest BCUT2D eigenvalue weighted by atomic mass is 9.69. The van der Waals surface area contributed by atoms with Crippen LogP contribution in [-0.4, -0.2) is 60.2 Å². The minimum atomic E-state index is -0.500. The molecule has 154 valence electrons. The maximum Gasteiger partial charge on any atom is 0.338 e. The number of carbonyl (C=O) groups is 1. The molecule has 0 aromatic carbocycles. The molecule has 6 heterocycles. The normalized spacial score (nSPS) is 55.4. The largest absolute Gasteiger partial charge is 0.496 e. The summed E-state index contributed by atoms with van der Waals surface area (Å²) in [5, 5.41) is 0. The van der Waals surface area contributed by atoms with Gasteiger partial charge in [-0.3, -0.25) is 4.90 Å². The van der Waals surface area contributed by atoms with Crippen molar-refractivity contribution in [2.45, 2.75) is 88.6 Å². The zero-order valence-electron chi connectivity index (χ0n) is 17.3. The summed E-state index contributed by atoms with van der Waals surface area (Å²) >= 11 is 0. The molecule has 1 unspecified atom stereocenters. The number of methoxy groups -OCH3 is 1. The van der Waals surface area contributed by atoms with Gasteiger partial charge in [0.25, 0.3) is 0 Å². The van der Waals surface area contributed by atoms with Gasteiger partial charge in [-0.2, -0.15) is 0 Å². The van der Waals surface area contributed by atoms with Crippen LogP contribution in [-0.2, 0) is 23.7 Å². The summed E-state index contributed by atoms with van der Waals surface area (Å²) in [6, 6.07) is 0.530. The molecule has 0 amide bonds. The zero-order chi connectivity index (χ0) is 19.4. The first-order chi connectivity index (χ1) is 13.5. The number of nitrogens with zero attached hydrogens (tertiary/aromatic N) is 1. The van der Waals surface area contributed by atoms with Crippen LogP contribution >= 0.6 is 0 Å². The number of ether oxygens (including phenoxy) is 4. The smallest absolute Gasteiger partial charge is 0.338 e. The van der Waals surface area contributed by atoms with E-state index in [1.807, 2.05) is 0 Å². The van der Waals surface area contributed by atoms with Gasteiger partial charge in [0.05, 0.1) is 24.3 Å². The summed E-state index contributed by atoms with van der Waals surface area (Å²) < 4.78 is 25.0. The molecule has 6 aliphatic rings. The predicted molar refractivity (Wildman–Crippen MR) is 100 cm³/mol. The van der Waals surface area contributed by atoms with Gasteiger partial charge in [0.15, 0.2) is 11.9 Å². The van der Waals surface area contributed by atoms with Crippen molar-refractivity contribution in [3.63, 3.8) is 0 Å². The van der Waals surface area contributed by atoms with Gasteiger partial charge in [0.2, 0.25) is 0 Å². The van der Waals surface area contributed by atoms with Crippen molar-refractivity contribution in [1.82, 2.24) is 4.90 Å². The lowest BCUT2D eigenvalue weighted by Gasteiger charge is -2.49. The fourth-order valence-electron chi connectivity index (χ4n) is 8.05. The lowest BCUT2D eigenvalue weighted by molar-refractivity contribution is -0.280. The Bertz CT molecular complexity index is 766. The number of piperidine rings is 1. The lowest BCUT2D eigenvalue weighted by Crippen LogP contribution is -2.61. The fraction of sp³-hybridized carbons (Fsp3) is 0.864. The Balaban J connectivity index is 1.39. The SMILES string of the molecule is CCCC[C@@]12[C@@H]3C[C@@H]4[C@H]5[C@H](C)[C@@H]([C@H]6OC(=O)C(C)=C6OC)O[C@]5(O3)[C@@H]1CCN42. The van der Waals surface area contributed by atoms with Crippen LogP contribution in [0.5, 0.6) is 0 Å². The number of cyclic esters (lactones) is 1. The Hall–Kier alpha value is -1.11. The average Bonchev–Trinajstić information content (AvgIpc) is 3.38. The van der Waals surface area contributed by atoms with Crippen LogP contribution < -0.4 is 0 Å². The summed E-state index contributed by atoms with van der Waals surface area (Å²) in [7, 11) is 1.62. The summed E-state index contributed by atoms with van der Waals surface area (Å²) in [5.41, 5.74) is 0.739. The third kappa shape index (κ3) is 1.72. The summed E-state index contributed by atoms with van der Waals surface area (Å²) in [6.45, 7) is 7.49. The van der Waals surface area contributed by atoms with Crippen LogP contribution in [0.4, 0.5) is 0 Å². The molecule has 28 heavy (non-hydrogen) atoms. The number of fused-ring (bicyclic) bond motifs is 1. The van der Waals surface area contributed by atoms with Crippen molar-refractivity contribution in [3.8, 4) is 0 Å². The topological polar surface area (TPSA) is 57.2 Å². The quantitative estimate of drug-likeness (QED) is 0.674. The van der Waals surface area contributed by atoms with Crippen LogP contribution in [0.1, 0.15) is 52.9 Å². The molecule has 0 N–H and O–H groups in total. The third-order valence-electron chi connectivity index (χ3n) is 8.92. The monoisotopic (exact) mass is 389 g/mol. The molecule has 0 saturated carbocycles. The zero-order valence-corrected chi connectivity index (χ0v) is 17.3. The van der Waals surface area contributed by atoms with Gasteiger partial charge >= 0.3 is 5.97 Å². The molecular weight excluding hydrogens is 358 g/mol. The fourth-order valence-corrected chi connectivity index (χ4v) is 8.05. The highest BCUT2D eigenvalue weighted by atomic mass is 16.7. The highest BCUT2D eigenvalue weighted by Crippen LogP contribution is 2.72. The molecule has 10 atom stereocenters. The molecule has 6 nitrogen and oxygen atoms in total. The van der Waals surface area contributed by atoms with Crippen molar-refractivity contribution in [2.75, 3.05) is 13.7 Å². The van der Waals surface area contributed by atoms with Crippen LogP contribution in [0, 0.1) is 17.8 Å². The Morgan fingerprint density at radius 1 is 1.32 bits per heavy atom. The number of carbonyl (C=O) groups excluding carboxylic acids is 1. The van der Waals surface area contributed by atoms with Crippen LogP contribution in [0.2, 0.25) is 0 Å². The number of unbranched alkanes of at least 4 members (excludes halogenated alkanes) is 1. The van der Waals surface area contributed by atoms with E-state index in [9.17, 15) is 4.79 Å². The number of esters is 1. The molecule has 0 aromatic rings. The minimum Gasteiger partial charge on any atom is -0.496 e. The highest BCUT2D eigenvalue weighted by molar-refractivity contribution is 5.91. The van der Waals surface area contributed by atoms with Gasteiger partial charge in [-0.1, -0.05) is 26.7 Å². The molecule has 5 bridgehead atoms. The van der Waals surface area contributed by atoms with E-state index < -0.39 is 11.9 Å². The van der Waals surface area contributed by atoms with E-state index in [-0.39, 0.29) is 23.5 Å². The van der Waals surface area contributed by atoms with Crippen molar-refractivity contribution >= 4 is 5.97 Å². The van der Waals surface area contributed by atoms with E-state index in [1.165, 1.54) is 25.8 Å².